The highest BCUT2D eigenvalue weighted by molar-refractivity contribution is 14.0. The zero-order valence-electron chi connectivity index (χ0n) is 13.6. The van der Waals surface area contributed by atoms with Crippen LogP contribution in [-0.4, -0.2) is 49.8 Å². The molecular weight excluding hydrogens is 418 g/mol. The average molecular weight is 444 g/mol. The lowest BCUT2D eigenvalue weighted by Gasteiger charge is -2.21. The fourth-order valence-electron chi connectivity index (χ4n) is 1.72. The van der Waals surface area contributed by atoms with Crippen LogP contribution in [0.3, 0.4) is 0 Å². The number of hydrogen-bond acceptors (Lipinski definition) is 4. The van der Waals surface area contributed by atoms with E-state index in [0.29, 0.717) is 19.5 Å². The summed E-state index contributed by atoms with van der Waals surface area (Å²) in [7, 11) is 3.63. The largest absolute Gasteiger partial charge is 0.375 e. The SMILES string of the molecule is CCNC(=NCCCF)N(C)Cc1csc(C(C)OC)n1.I. The average Bonchev–Trinajstić information content (AvgIpc) is 2.94. The summed E-state index contributed by atoms with van der Waals surface area (Å²) < 4.78 is 17.4. The van der Waals surface area contributed by atoms with Crippen molar-refractivity contribution < 1.29 is 9.13 Å². The molecule has 0 aliphatic rings. The standard InChI is InChI=1S/C14H25FN4OS.HI/c1-5-16-14(17-8-6-7-15)19(3)9-12-10-21-13(18-12)11(2)20-4;/h10-11H,5-9H2,1-4H3,(H,16,17);1H. The first-order valence-electron chi connectivity index (χ1n) is 7.14. The van der Waals surface area contributed by atoms with Gasteiger partial charge in [0.2, 0.25) is 0 Å². The molecule has 0 saturated heterocycles. The van der Waals surface area contributed by atoms with Crippen LogP contribution in [0.1, 0.15) is 37.1 Å². The van der Waals surface area contributed by atoms with Crippen LogP contribution in [0, 0.1) is 0 Å². The van der Waals surface area contributed by atoms with Gasteiger partial charge in [-0.3, -0.25) is 9.38 Å². The van der Waals surface area contributed by atoms with E-state index >= 15 is 0 Å². The minimum atomic E-state index is -0.336. The monoisotopic (exact) mass is 444 g/mol. The minimum Gasteiger partial charge on any atom is -0.375 e. The smallest absolute Gasteiger partial charge is 0.194 e. The highest BCUT2D eigenvalue weighted by atomic mass is 127. The number of hydrogen-bond donors (Lipinski definition) is 1. The number of rotatable bonds is 8. The molecule has 1 aromatic heterocycles. The van der Waals surface area contributed by atoms with Gasteiger partial charge in [0.1, 0.15) is 11.1 Å². The molecule has 1 aromatic rings. The topological polar surface area (TPSA) is 49.8 Å². The summed E-state index contributed by atoms with van der Waals surface area (Å²) in [5.74, 6) is 0.778. The Hall–Kier alpha value is -0.480. The molecular formula is C14H26FIN4OS. The lowest BCUT2D eigenvalue weighted by atomic mass is 10.4. The minimum absolute atomic E-state index is 0. The van der Waals surface area contributed by atoms with E-state index in [1.807, 2.05) is 31.2 Å². The number of alkyl halides is 1. The maximum atomic E-state index is 12.2. The molecule has 128 valence electrons. The molecule has 22 heavy (non-hydrogen) atoms. The van der Waals surface area contributed by atoms with Crippen LogP contribution in [-0.2, 0) is 11.3 Å². The second kappa shape index (κ2) is 12.0. The number of guanidine groups is 1. The Morgan fingerprint density at radius 1 is 1.59 bits per heavy atom. The van der Waals surface area contributed by atoms with Crippen molar-refractivity contribution in [2.45, 2.75) is 32.9 Å². The normalized spacial score (nSPS) is 12.7. The highest BCUT2D eigenvalue weighted by Crippen LogP contribution is 2.20. The summed E-state index contributed by atoms with van der Waals surface area (Å²) in [6.07, 6.45) is 0.468. The Labute approximate surface area is 153 Å². The fourth-order valence-corrected chi connectivity index (χ4v) is 2.56. The van der Waals surface area contributed by atoms with E-state index in [2.05, 4.69) is 15.3 Å². The van der Waals surface area contributed by atoms with Crippen molar-refractivity contribution in [1.29, 1.82) is 0 Å². The molecule has 8 heteroatoms. The van der Waals surface area contributed by atoms with Gasteiger partial charge < -0.3 is 15.0 Å². The van der Waals surface area contributed by atoms with Crippen LogP contribution >= 0.6 is 35.3 Å². The van der Waals surface area contributed by atoms with Crippen molar-refractivity contribution in [1.82, 2.24) is 15.2 Å². The molecule has 0 bridgehead atoms. The Kier molecular flexibility index (Phi) is 11.7. The van der Waals surface area contributed by atoms with Crippen molar-refractivity contribution in [3.05, 3.63) is 16.1 Å². The lowest BCUT2D eigenvalue weighted by molar-refractivity contribution is 0.119. The molecule has 5 nitrogen and oxygen atoms in total. The highest BCUT2D eigenvalue weighted by Gasteiger charge is 2.12. The summed E-state index contributed by atoms with van der Waals surface area (Å²) in [5.41, 5.74) is 0.984. The quantitative estimate of drug-likeness (QED) is 0.290. The molecule has 1 rings (SSSR count). The van der Waals surface area contributed by atoms with Crippen LogP contribution in [0.2, 0.25) is 0 Å². The third-order valence-electron chi connectivity index (χ3n) is 2.92. The van der Waals surface area contributed by atoms with Gasteiger partial charge in [-0.05, 0) is 20.3 Å². The first-order chi connectivity index (χ1) is 10.1. The molecule has 1 heterocycles. The van der Waals surface area contributed by atoms with Crippen molar-refractivity contribution >= 4 is 41.3 Å². The third kappa shape index (κ3) is 7.19. The molecule has 0 aliphatic heterocycles. The lowest BCUT2D eigenvalue weighted by Crippen LogP contribution is -2.38. The number of ether oxygens (including phenoxy) is 1. The van der Waals surface area contributed by atoms with Gasteiger partial charge in [0.25, 0.3) is 0 Å². The third-order valence-corrected chi connectivity index (χ3v) is 3.97. The molecule has 0 aliphatic carbocycles. The Bertz CT molecular complexity index is 444. The van der Waals surface area contributed by atoms with Crippen LogP contribution < -0.4 is 5.32 Å². The van der Waals surface area contributed by atoms with Gasteiger partial charge in [-0.2, -0.15) is 0 Å². The van der Waals surface area contributed by atoms with E-state index in [4.69, 9.17) is 4.74 Å². The van der Waals surface area contributed by atoms with Gasteiger partial charge in [-0.25, -0.2) is 4.98 Å². The second-order valence-electron chi connectivity index (χ2n) is 4.69. The number of nitrogens with zero attached hydrogens (tertiary/aromatic N) is 3. The van der Waals surface area contributed by atoms with Crippen LogP contribution in [0.4, 0.5) is 4.39 Å². The summed E-state index contributed by atoms with van der Waals surface area (Å²) >= 11 is 1.60. The fraction of sp³-hybridized carbons (Fsp3) is 0.714. The first-order valence-corrected chi connectivity index (χ1v) is 8.02. The molecule has 0 aromatic carbocycles. The van der Waals surface area contributed by atoms with Gasteiger partial charge >= 0.3 is 0 Å². The number of halogens is 2. The van der Waals surface area contributed by atoms with E-state index in [0.717, 1.165) is 23.2 Å². The number of thiazole rings is 1. The predicted molar refractivity (Wildman–Crippen MR) is 101 cm³/mol. The van der Waals surface area contributed by atoms with Gasteiger partial charge in [0, 0.05) is 32.6 Å². The molecule has 1 unspecified atom stereocenters. The first kappa shape index (κ1) is 21.5. The predicted octanol–water partition coefficient (Wildman–Crippen LogP) is 3.23. The Balaban J connectivity index is 0.00000441. The molecule has 0 amide bonds. The summed E-state index contributed by atoms with van der Waals surface area (Å²) in [6, 6.07) is 0. The maximum Gasteiger partial charge on any atom is 0.194 e. The molecule has 0 radical (unpaired) electrons. The van der Waals surface area contributed by atoms with Crippen molar-refractivity contribution in [3.8, 4) is 0 Å². The zero-order valence-corrected chi connectivity index (χ0v) is 16.8. The van der Waals surface area contributed by atoms with E-state index in [9.17, 15) is 4.39 Å². The van der Waals surface area contributed by atoms with E-state index < -0.39 is 0 Å². The van der Waals surface area contributed by atoms with E-state index in [1.54, 1.807) is 18.4 Å². The van der Waals surface area contributed by atoms with Gasteiger partial charge in [0.15, 0.2) is 5.96 Å². The van der Waals surface area contributed by atoms with Crippen LogP contribution in [0.25, 0.3) is 0 Å². The molecule has 0 saturated carbocycles. The zero-order chi connectivity index (χ0) is 15.7. The van der Waals surface area contributed by atoms with Gasteiger partial charge in [-0.1, -0.05) is 0 Å². The number of aromatic nitrogens is 1. The van der Waals surface area contributed by atoms with Crippen LogP contribution in [0.5, 0.6) is 0 Å². The second-order valence-corrected chi connectivity index (χ2v) is 5.58. The molecule has 0 fully saturated rings. The summed E-state index contributed by atoms with van der Waals surface area (Å²) in [6.45, 7) is 5.59. The number of nitrogens with one attached hydrogen (secondary N) is 1. The molecule has 1 atom stereocenters. The Morgan fingerprint density at radius 3 is 2.91 bits per heavy atom. The molecule has 0 spiro atoms. The Morgan fingerprint density at radius 2 is 2.32 bits per heavy atom. The summed E-state index contributed by atoms with van der Waals surface area (Å²) in [4.78, 5) is 11.0. The summed E-state index contributed by atoms with van der Waals surface area (Å²) in [5, 5.41) is 6.21. The van der Waals surface area contributed by atoms with E-state index in [1.165, 1.54) is 0 Å². The number of aliphatic imine (C=N–C) groups is 1. The number of methoxy groups -OCH3 is 1. The van der Waals surface area contributed by atoms with E-state index in [-0.39, 0.29) is 36.8 Å². The van der Waals surface area contributed by atoms with Crippen molar-refractivity contribution in [3.63, 3.8) is 0 Å². The van der Waals surface area contributed by atoms with Gasteiger partial charge in [-0.15, -0.1) is 35.3 Å². The maximum absolute atomic E-state index is 12.2. The van der Waals surface area contributed by atoms with Crippen molar-refractivity contribution in [2.75, 3.05) is 33.9 Å². The van der Waals surface area contributed by atoms with Gasteiger partial charge in [0.05, 0.1) is 18.9 Å². The molecule has 1 N–H and O–H groups in total. The van der Waals surface area contributed by atoms with Crippen molar-refractivity contribution in [2.24, 2.45) is 4.99 Å². The van der Waals surface area contributed by atoms with Crippen LogP contribution in [0.15, 0.2) is 10.4 Å².